The number of pyridine rings is 1. The maximum absolute atomic E-state index is 13.0. The monoisotopic (exact) mass is 274 g/mol. The summed E-state index contributed by atoms with van der Waals surface area (Å²) in [6.07, 6.45) is -0.710. The number of nitrogens with zero attached hydrogens (tertiary/aromatic N) is 1. The van der Waals surface area contributed by atoms with Crippen LogP contribution in [-0.4, -0.2) is 23.2 Å². The summed E-state index contributed by atoms with van der Waals surface area (Å²) in [5, 5.41) is 13.7. The fraction of sp³-hybridized carbons (Fsp3) is 0.615. The third-order valence-corrected chi connectivity index (χ3v) is 3.76. The highest BCUT2D eigenvalue weighted by Gasteiger charge is 2.42. The summed E-state index contributed by atoms with van der Waals surface area (Å²) in [7, 11) is 0. The van der Waals surface area contributed by atoms with Gasteiger partial charge in [0.2, 0.25) is 0 Å². The van der Waals surface area contributed by atoms with Crippen LogP contribution in [0.25, 0.3) is 0 Å². The Kier molecular flexibility index (Phi) is 3.82. The zero-order valence-corrected chi connectivity index (χ0v) is 10.7. The normalized spacial score (nSPS) is 23.9. The number of rotatable bonds is 2. The number of hydrogen-bond acceptors (Lipinski definition) is 3. The standard InChI is InChI=1S/C13H17F3N2O/c1-12(19,9-3-2-5-17-7-9)11-8-18-6-4-10(11)13(14,15)16/h4,6,8-9,17,19H,2-3,5,7H2,1H3. The van der Waals surface area contributed by atoms with E-state index in [1.807, 2.05) is 0 Å². The van der Waals surface area contributed by atoms with Crippen molar-refractivity contribution in [2.24, 2.45) is 5.92 Å². The first-order valence-corrected chi connectivity index (χ1v) is 6.28. The fourth-order valence-corrected chi connectivity index (χ4v) is 2.60. The Morgan fingerprint density at radius 1 is 1.37 bits per heavy atom. The van der Waals surface area contributed by atoms with Crippen molar-refractivity contribution in [2.45, 2.75) is 31.5 Å². The summed E-state index contributed by atoms with van der Waals surface area (Å²) in [5.41, 5.74) is -2.48. The number of halogens is 3. The molecule has 106 valence electrons. The highest BCUT2D eigenvalue weighted by Crippen LogP contribution is 2.40. The minimum absolute atomic E-state index is 0.142. The van der Waals surface area contributed by atoms with Crippen molar-refractivity contribution in [3.63, 3.8) is 0 Å². The van der Waals surface area contributed by atoms with Crippen molar-refractivity contribution in [3.05, 3.63) is 29.6 Å². The van der Waals surface area contributed by atoms with Gasteiger partial charge in [-0.3, -0.25) is 4.98 Å². The molecule has 0 bridgehead atoms. The van der Waals surface area contributed by atoms with Crippen molar-refractivity contribution >= 4 is 0 Å². The maximum atomic E-state index is 13.0. The molecule has 2 heterocycles. The zero-order valence-electron chi connectivity index (χ0n) is 10.7. The van der Waals surface area contributed by atoms with Gasteiger partial charge in [-0.1, -0.05) is 0 Å². The summed E-state index contributed by atoms with van der Waals surface area (Å²) in [6, 6.07) is 0.917. The molecule has 3 nitrogen and oxygen atoms in total. The first-order valence-electron chi connectivity index (χ1n) is 6.28. The van der Waals surface area contributed by atoms with Gasteiger partial charge in [0.15, 0.2) is 0 Å². The van der Waals surface area contributed by atoms with Crippen molar-refractivity contribution in [1.29, 1.82) is 0 Å². The number of alkyl halides is 3. The van der Waals surface area contributed by atoms with Gasteiger partial charge >= 0.3 is 6.18 Å². The quantitative estimate of drug-likeness (QED) is 0.870. The number of hydrogen-bond donors (Lipinski definition) is 2. The van der Waals surface area contributed by atoms with Crippen LogP contribution >= 0.6 is 0 Å². The molecule has 0 spiro atoms. The van der Waals surface area contributed by atoms with E-state index in [4.69, 9.17) is 0 Å². The summed E-state index contributed by atoms with van der Waals surface area (Å²) in [6.45, 7) is 2.79. The Balaban J connectivity index is 2.39. The molecule has 0 aromatic carbocycles. The topological polar surface area (TPSA) is 45.2 Å². The molecule has 2 rings (SSSR count). The first kappa shape index (κ1) is 14.3. The first-order chi connectivity index (χ1) is 8.83. The number of aromatic nitrogens is 1. The molecule has 0 aliphatic carbocycles. The lowest BCUT2D eigenvalue weighted by molar-refractivity contribution is -0.141. The van der Waals surface area contributed by atoms with Crippen LogP contribution in [0, 0.1) is 5.92 Å². The van der Waals surface area contributed by atoms with Gasteiger partial charge in [-0.2, -0.15) is 13.2 Å². The highest BCUT2D eigenvalue weighted by atomic mass is 19.4. The lowest BCUT2D eigenvalue weighted by Gasteiger charge is -2.37. The van der Waals surface area contributed by atoms with Gasteiger partial charge in [0.25, 0.3) is 0 Å². The van der Waals surface area contributed by atoms with E-state index in [0.717, 1.165) is 31.4 Å². The van der Waals surface area contributed by atoms with E-state index < -0.39 is 17.3 Å². The second-order valence-corrected chi connectivity index (χ2v) is 5.11. The van der Waals surface area contributed by atoms with E-state index in [-0.39, 0.29) is 11.5 Å². The predicted molar refractivity (Wildman–Crippen MR) is 64.4 cm³/mol. The van der Waals surface area contributed by atoms with E-state index in [0.29, 0.717) is 13.0 Å². The van der Waals surface area contributed by atoms with Crippen LogP contribution in [0.5, 0.6) is 0 Å². The van der Waals surface area contributed by atoms with Crippen LogP contribution in [0.1, 0.15) is 30.9 Å². The Morgan fingerprint density at radius 3 is 2.68 bits per heavy atom. The maximum Gasteiger partial charge on any atom is 0.416 e. The minimum atomic E-state index is -4.48. The summed E-state index contributed by atoms with van der Waals surface area (Å²) < 4.78 is 39.0. The van der Waals surface area contributed by atoms with Gasteiger partial charge < -0.3 is 10.4 Å². The molecule has 1 aliphatic heterocycles. The van der Waals surface area contributed by atoms with E-state index in [1.54, 1.807) is 0 Å². The Labute approximate surface area is 109 Å². The lowest BCUT2D eigenvalue weighted by atomic mass is 9.77. The van der Waals surface area contributed by atoms with Crippen molar-refractivity contribution < 1.29 is 18.3 Å². The zero-order chi connectivity index (χ0) is 14.1. The molecule has 0 amide bonds. The average molecular weight is 274 g/mol. The van der Waals surface area contributed by atoms with Crippen LogP contribution in [-0.2, 0) is 11.8 Å². The number of piperidine rings is 1. The van der Waals surface area contributed by atoms with Crippen LogP contribution in [0.15, 0.2) is 18.5 Å². The third kappa shape index (κ3) is 2.90. The molecule has 1 saturated heterocycles. The Morgan fingerprint density at radius 2 is 2.11 bits per heavy atom. The van der Waals surface area contributed by atoms with Crippen LogP contribution in [0.2, 0.25) is 0 Å². The molecule has 19 heavy (non-hydrogen) atoms. The van der Waals surface area contributed by atoms with Crippen LogP contribution in [0.3, 0.4) is 0 Å². The smallest absolute Gasteiger partial charge is 0.385 e. The number of aliphatic hydroxyl groups is 1. The van der Waals surface area contributed by atoms with Gasteiger partial charge in [0.1, 0.15) is 0 Å². The van der Waals surface area contributed by atoms with Gasteiger partial charge in [-0.05, 0) is 32.4 Å². The van der Waals surface area contributed by atoms with Gasteiger partial charge in [0, 0.05) is 30.4 Å². The van der Waals surface area contributed by atoms with E-state index in [1.165, 1.54) is 6.92 Å². The van der Waals surface area contributed by atoms with Crippen LogP contribution in [0.4, 0.5) is 13.2 Å². The largest absolute Gasteiger partial charge is 0.416 e. The summed E-state index contributed by atoms with van der Waals surface area (Å²) >= 11 is 0. The predicted octanol–water partition coefficient (Wildman–Crippen LogP) is 2.31. The molecule has 0 radical (unpaired) electrons. The number of nitrogens with one attached hydrogen (secondary N) is 1. The van der Waals surface area contributed by atoms with Gasteiger partial charge in [-0.25, -0.2) is 0 Å². The molecular formula is C13H17F3N2O. The van der Waals surface area contributed by atoms with E-state index in [9.17, 15) is 18.3 Å². The third-order valence-electron chi connectivity index (χ3n) is 3.76. The van der Waals surface area contributed by atoms with Crippen LogP contribution < -0.4 is 5.32 Å². The van der Waals surface area contributed by atoms with Gasteiger partial charge in [-0.15, -0.1) is 0 Å². The Hall–Kier alpha value is -1.14. The van der Waals surface area contributed by atoms with Gasteiger partial charge in [0.05, 0.1) is 11.2 Å². The SMILES string of the molecule is CC(O)(c1cnccc1C(F)(F)F)C1CCCNC1. The molecule has 1 aromatic heterocycles. The second kappa shape index (κ2) is 5.09. The highest BCUT2D eigenvalue weighted by molar-refractivity contribution is 5.32. The molecule has 6 heteroatoms. The van der Waals surface area contributed by atoms with Crippen molar-refractivity contribution in [1.82, 2.24) is 10.3 Å². The minimum Gasteiger partial charge on any atom is -0.385 e. The Bertz CT molecular complexity index is 440. The van der Waals surface area contributed by atoms with Crippen molar-refractivity contribution in [3.8, 4) is 0 Å². The average Bonchev–Trinajstić information content (AvgIpc) is 2.39. The summed E-state index contributed by atoms with van der Waals surface area (Å²) in [5.74, 6) is -0.244. The molecular weight excluding hydrogens is 257 g/mol. The lowest BCUT2D eigenvalue weighted by Crippen LogP contribution is -2.43. The molecule has 2 N–H and O–H groups in total. The molecule has 0 saturated carbocycles. The molecule has 1 aliphatic rings. The van der Waals surface area contributed by atoms with E-state index >= 15 is 0 Å². The van der Waals surface area contributed by atoms with E-state index in [2.05, 4.69) is 10.3 Å². The molecule has 1 aromatic rings. The summed E-state index contributed by atoms with van der Waals surface area (Å²) in [4.78, 5) is 3.74. The fourth-order valence-electron chi connectivity index (χ4n) is 2.60. The second-order valence-electron chi connectivity index (χ2n) is 5.11. The molecule has 1 fully saturated rings. The molecule has 2 unspecified atom stereocenters. The van der Waals surface area contributed by atoms with Crippen molar-refractivity contribution in [2.75, 3.05) is 13.1 Å². The molecule has 2 atom stereocenters.